The molecule has 0 spiro atoms. The number of ether oxygens (including phenoxy) is 2. The average Bonchev–Trinajstić information content (AvgIpc) is 3.26. The summed E-state index contributed by atoms with van der Waals surface area (Å²) in [6, 6.07) is 9.17. The van der Waals surface area contributed by atoms with E-state index in [-0.39, 0.29) is 23.8 Å². The zero-order valence-electron chi connectivity index (χ0n) is 19.5. The summed E-state index contributed by atoms with van der Waals surface area (Å²) in [5, 5.41) is 2.68. The molecule has 11 nitrogen and oxygen atoms in total. The van der Waals surface area contributed by atoms with Gasteiger partial charge >= 0.3 is 11.7 Å². The number of hydrogen-bond acceptors (Lipinski definition) is 7. The number of methoxy groups -OCH3 is 1. The topological polar surface area (TPSA) is 126 Å². The van der Waals surface area contributed by atoms with Gasteiger partial charge in [0.25, 0.3) is 11.5 Å². The molecule has 2 aromatic heterocycles. The van der Waals surface area contributed by atoms with Gasteiger partial charge < -0.3 is 19.4 Å². The minimum atomic E-state index is -0.868. The molecule has 1 N–H and O–H groups in total. The number of fused-ring (bicyclic) bond motifs is 1. The van der Waals surface area contributed by atoms with Crippen LogP contribution in [0.15, 0.2) is 46.2 Å². The highest BCUT2D eigenvalue weighted by Crippen LogP contribution is 2.10. The Morgan fingerprint density at radius 3 is 2.56 bits per heavy atom. The van der Waals surface area contributed by atoms with Crippen molar-refractivity contribution in [3.63, 3.8) is 0 Å². The van der Waals surface area contributed by atoms with Crippen LogP contribution in [-0.4, -0.2) is 56.9 Å². The van der Waals surface area contributed by atoms with E-state index in [1.807, 2.05) is 44.2 Å². The summed E-state index contributed by atoms with van der Waals surface area (Å²) in [7, 11) is 1.54. The molecule has 11 heteroatoms. The number of nitrogens with one attached hydrogen (secondary N) is 1. The molecule has 0 saturated carbocycles. The first-order valence-electron chi connectivity index (χ1n) is 11.0. The number of carbonyl (C=O) groups is 2. The fourth-order valence-corrected chi connectivity index (χ4v) is 3.39. The van der Waals surface area contributed by atoms with E-state index in [1.165, 1.54) is 18.0 Å². The molecule has 0 aliphatic carbocycles. The summed E-state index contributed by atoms with van der Waals surface area (Å²) in [5.74, 6) is -1.32. The first-order chi connectivity index (χ1) is 16.3. The van der Waals surface area contributed by atoms with Gasteiger partial charge in [-0.05, 0) is 18.9 Å². The molecule has 1 atom stereocenters. The van der Waals surface area contributed by atoms with Crippen LogP contribution >= 0.6 is 0 Å². The van der Waals surface area contributed by atoms with Crippen LogP contribution in [0.2, 0.25) is 0 Å². The molecule has 3 rings (SSSR count). The molecule has 0 fully saturated rings. The summed E-state index contributed by atoms with van der Waals surface area (Å²) in [4.78, 5) is 55.1. The van der Waals surface area contributed by atoms with Crippen LogP contribution in [0, 0.1) is 0 Å². The van der Waals surface area contributed by atoms with E-state index in [1.54, 1.807) is 4.57 Å². The summed E-state index contributed by atoms with van der Waals surface area (Å²) in [6.07, 6.45) is 2.20. The number of carbonyl (C=O) groups excluding carboxylic acids is 2. The summed E-state index contributed by atoms with van der Waals surface area (Å²) in [5.41, 5.74) is -0.146. The van der Waals surface area contributed by atoms with Crippen molar-refractivity contribution in [3.05, 3.63) is 63.1 Å². The monoisotopic (exact) mass is 471 g/mol. The van der Waals surface area contributed by atoms with E-state index in [0.717, 1.165) is 16.6 Å². The van der Waals surface area contributed by atoms with Crippen LogP contribution in [0.3, 0.4) is 0 Å². The largest absolute Gasteiger partial charge is 0.454 e. The van der Waals surface area contributed by atoms with Crippen molar-refractivity contribution in [2.45, 2.75) is 45.9 Å². The highest BCUT2D eigenvalue weighted by Gasteiger charge is 2.21. The molecule has 0 saturated heterocycles. The van der Waals surface area contributed by atoms with Crippen LogP contribution in [-0.2, 0) is 38.7 Å². The molecule has 182 valence electrons. The van der Waals surface area contributed by atoms with E-state index in [0.29, 0.717) is 13.2 Å². The number of nitrogens with zero attached hydrogens (tertiary/aromatic N) is 4. The van der Waals surface area contributed by atoms with Crippen LogP contribution in [0.5, 0.6) is 0 Å². The van der Waals surface area contributed by atoms with Gasteiger partial charge in [-0.15, -0.1) is 0 Å². The van der Waals surface area contributed by atoms with Crippen LogP contribution in [0.4, 0.5) is 0 Å². The minimum Gasteiger partial charge on any atom is -0.454 e. The van der Waals surface area contributed by atoms with Crippen LogP contribution in [0.25, 0.3) is 11.2 Å². The molecular formula is C23H29N5O6. The van der Waals surface area contributed by atoms with E-state index < -0.39 is 36.3 Å². The second kappa shape index (κ2) is 11.4. The molecule has 1 unspecified atom stereocenters. The molecule has 0 bridgehead atoms. The highest BCUT2D eigenvalue weighted by atomic mass is 16.5. The standard InChI is InChI=1S/C23H29N5O6/c1-4-16(2)25-18(29)14-34-19(30)13-28-22(31)20-21(24-15-26(20)10-11-33-3)27(23(28)32)12-17-8-6-5-7-9-17/h5-9,15-16H,4,10-14H2,1-3H3,(H,25,29). The molecule has 0 aliphatic rings. The van der Waals surface area contributed by atoms with Gasteiger partial charge in [0.2, 0.25) is 0 Å². The quantitative estimate of drug-likeness (QED) is 0.404. The first kappa shape index (κ1) is 24.9. The zero-order chi connectivity index (χ0) is 24.7. The van der Waals surface area contributed by atoms with E-state index in [4.69, 9.17) is 9.47 Å². The van der Waals surface area contributed by atoms with E-state index >= 15 is 0 Å². The smallest absolute Gasteiger partial charge is 0.333 e. The first-order valence-corrected chi connectivity index (χ1v) is 11.0. The maximum atomic E-state index is 13.3. The van der Waals surface area contributed by atoms with E-state index in [2.05, 4.69) is 10.3 Å². The third-order valence-electron chi connectivity index (χ3n) is 5.37. The van der Waals surface area contributed by atoms with Gasteiger partial charge in [0.15, 0.2) is 17.8 Å². The molecule has 2 heterocycles. The Bertz CT molecular complexity index is 1260. The van der Waals surface area contributed by atoms with Crippen molar-refractivity contribution in [1.82, 2.24) is 24.0 Å². The van der Waals surface area contributed by atoms with Crippen molar-refractivity contribution in [2.24, 2.45) is 0 Å². The average molecular weight is 472 g/mol. The molecule has 0 aliphatic heterocycles. The van der Waals surface area contributed by atoms with E-state index in [9.17, 15) is 19.2 Å². The molecular weight excluding hydrogens is 442 g/mol. The van der Waals surface area contributed by atoms with Gasteiger partial charge in [-0.1, -0.05) is 37.3 Å². The van der Waals surface area contributed by atoms with Crippen molar-refractivity contribution in [2.75, 3.05) is 20.3 Å². The predicted molar refractivity (Wildman–Crippen MR) is 125 cm³/mol. The molecule has 0 radical (unpaired) electrons. The lowest BCUT2D eigenvalue weighted by Crippen LogP contribution is -2.43. The van der Waals surface area contributed by atoms with Crippen molar-refractivity contribution < 1.29 is 19.1 Å². The molecule has 3 aromatic rings. The third kappa shape index (κ3) is 5.79. The Morgan fingerprint density at radius 2 is 1.88 bits per heavy atom. The lowest BCUT2D eigenvalue weighted by molar-refractivity contribution is -0.149. The fraction of sp³-hybridized carbons (Fsp3) is 0.435. The predicted octanol–water partition coefficient (Wildman–Crippen LogP) is 0.512. The SMILES string of the molecule is CCC(C)NC(=O)COC(=O)Cn1c(=O)c2c(ncn2CCOC)n(Cc2ccccc2)c1=O. The summed E-state index contributed by atoms with van der Waals surface area (Å²) < 4.78 is 13.9. The fourth-order valence-electron chi connectivity index (χ4n) is 3.39. The second-order valence-corrected chi connectivity index (χ2v) is 7.89. The molecule has 1 aromatic carbocycles. The molecule has 34 heavy (non-hydrogen) atoms. The number of rotatable bonds is 11. The van der Waals surface area contributed by atoms with Crippen molar-refractivity contribution in [3.8, 4) is 0 Å². The maximum absolute atomic E-state index is 13.3. The highest BCUT2D eigenvalue weighted by molar-refractivity contribution is 5.80. The third-order valence-corrected chi connectivity index (χ3v) is 5.37. The lowest BCUT2D eigenvalue weighted by Gasteiger charge is -2.13. The van der Waals surface area contributed by atoms with Crippen LogP contribution < -0.4 is 16.6 Å². The van der Waals surface area contributed by atoms with Gasteiger partial charge in [0.05, 0.1) is 19.5 Å². The van der Waals surface area contributed by atoms with Crippen molar-refractivity contribution in [1.29, 1.82) is 0 Å². The minimum absolute atomic E-state index is 0.0613. The summed E-state index contributed by atoms with van der Waals surface area (Å²) >= 11 is 0. The Morgan fingerprint density at radius 1 is 1.15 bits per heavy atom. The Hall–Kier alpha value is -3.73. The normalized spacial score (nSPS) is 12.0. The van der Waals surface area contributed by atoms with Crippen LogP contribution in [0.1, 0.15) is 25.8 Å². The van der Waals surface area contributed by atoms with Gasteiger partial charge in [-0.25, -0.2) is 14.3 Å². The second-order valence-electron chi connectivity index (χ2n) is 7.89. The Balaban J connectivity index is 1.95. The zero-order valence-corrected chi connectivity index (χ0v) is 19.5. The molecule has 1 amide bonds. The summed E-state index contributed by atoms with van der Waals surface area (Å²) in [6.45, 7) is 3.44. The number of benzene rings is 1. The van der Waals surface area contributed by atoms with Gasteiger partial charge in [-0.2, -0.15) is 0 Å². The number of amides is 1. The Kier molecular flexibility index (Phi) is 8.36. The maximum Gasteiger partial charge on any atom is 0.333 e. The lowest BCUT2D eigenvalue weighted by atomic mass is 10.2. The van der Waals surface area contributed by atoms with Gasteiger partial charge in [-0.3, -0.25) is 19.0 Å². The Labute approximate surface area is 195 Å². The van der Waals surface area contributed by atoms with Gasteiger partial charge in [0.1, 0.15) is 6.54 Å². The number of imidazole rings is 1. The number of hydrogen-bond donors (Lipinski definition) is 1. The van der Waals surface area contributed by atoms with Gasteiger partial charge in [0, 0.05) is 19.7 Å². The van der Waals surface area contributed by atoms with Crippen molar-refractivity contribution >= 4 is 23.0 Å². The number of esters is 1. The number of aromatic nitrogens is 4.